The summed E-state index contributed by atoms with van der Waals surface area (Å²) >= 11 is 0. The Morgan fingerprint density at radius 1 is 1.00 bits per heavy atom. The van der Waals surface area contributed by atoms with Crippen molar-refractivity contribution in [1.29, 1.82) is 0 Å². The number of rotatable bonds is 3. The van der Waals surface area contributed by atoms with Crippen LogP contribution in [0.2, 0.25) is 0 Å². The van der Waals surface area contributed by atoms with Crippen LogP contribution in [0.1, 0.15) is 11.1 Å². The van der Waals surface area contributed by atoms with Gasteiger partial charge in [-0.2, -0.15) is 4.31 Å². The van der Waals surface area contributed by atoms with Crippen molar-refractivity contribution in [3.05, 3.63) is 83.4 Å². The summed E-state index contributed by atoms with van der Waals surface area (Å²) in [5, 5.41) is 0. The molecule has 1 fully saturated rings. The van der Waals surface area contributed by atoms with Crippen molar-refractivity contribution in [2.24, 2.45) is 0 Å². The quantitative estimate of drug-likeness (QED) is 0.864. The molecule has 0 aliphatic carbocycles. The van der Waals surface area contributed by atoms with E-state index in [-0.39, 0.29) is 0 Å². The van der Waals surface area contributed by atoms with Crippen LogP contribution in [0.5, 0.6) is 0 Å². The first-order valence-corrected chi connectivity index (χ1v) is 8.91. The second-order valence-electron chi connectivity index (χ2n) is 5.77. The van der Waals surface area contributed by atoms with Gasteiger partial charge in [0.25, 0.3) is 0 Å². The van der Waals surface area contributed by atoms with Crippen molar-refractivity contribution >= 4 is 16.1 Å². The van der Waals surface area contributed by atoms with E-state index in [0.717, 1.165) is 22.3 Å². The van der Waals surface area contributed by atoms with E-state index in [1.54, 1.807) is 12.1 Å². The molecule has 0 amide bonds. The largest absolute Gasteiger partial charge is 0.243 e. The molecular formula is C19H19NO2S. The molecule has 118 valence electrons. The van der Waals surface area contributed by atoms with Crippen LogP contribution >= 0.6 is 0 Å². The molecule has 0 spiro atoms. The zero-order chi connectivity index (χ0) is 16.4. The first-order valence-electron chi connectivity index (χ1n) is 7.47. The van der Waals surface area contributed by atoms with Crippen molar-refractivity contribution in [1.82, 2.24) is 4.31 Å². The highest BCUT2D eigenvalue weighted by Gasteiger charge is 2.31. The Labute approximate surface area is 137 Å². The van der Waals surface area contributed by atoms with Gasteiger partial charge in [-0.15, -0.1) is 0 Å². The lowest BCUT2D eigenvalue weighted by atomic mass is 10.1. The van der Waals surface area contributed by atoms with E-state index < -0.39 is 10.0 Å². The minimum Gasteiger partial charge on any atom is -0.207 e. The number of nitrogens with zero attached hydrogens (tertiary/aromatic N) is 1. The molecule has 3 rings (SSSR count). The minimum atomic E-state index is -3.48. The van der Waals surface area contributed by atoms with Crippen LogP contribution in [0.15, 0.2) is 77.2 Å². The fraction of sp³-hybridized carbons (Fsp3) is 0.158. The van der Waals surface area contributed by atoms with E-state index in [0.29, 0.717) is 18.0 Å². The highest BCUT2D eigenvalue weighted by atomic mass is 32.2. The predicted octanol–water partition coefficient (Wildman–Crippen LogP) is 3.64. The molecular weight excluding hydrogens is 306 g/mol. The molecule has 1 aliphatic heterocycles. The van der Waals surface area contributed by atoms with Crippen LogP contribution in [0, 0.1) is 6.92 Å². The molecule has 1 saturated heterocycles. The lowest BCUT2D eigenvalue weighted by Crippen LogP contribution is -2.28. The smallest absolute Gasteiger partial charge is 0.207 e. The van der Waals surface area contributed by atoms with Gasteiger partial charge >= 0.3 is 0 Å². The first-order chi connectivity index (χ1) is 11.0. The molecule has 0 radical (unpaired) electrons. The SMILES string of the molecule is C=C1CN(S(=O)(=O)c2ccc(C)cc2)C/C1=C\c1ccccc1. The van der Waals surface area contributed by atoms with Gasteiger partial charge in [0.05, 0.1) is 4.90 Å². The van der Waals surface area contributed by atoms with Gasteiger partial charge < -0.3 is 0 Å². The Hall–Kier alpha value is -2.17. The van der Waals surface area contributed by atoms with Crippen LogP contribution in [0.4, 0.5) is 0 Å². The fourth-order valence-electron chi connectivity index (χ4n) is 2.60. The topological polar surface area (TPSA) is 37.4 Å². The van der Waals surface area contributed by atoms with Crippen molar-refractivity contribution in [2.75, 3.05) is 13.1 Å². The van der Waals surface area contributed by atoms with Gasteiger partial charge in [-0.3, -0.25) is 0 Å². The van der Waals surface area contributed by atoms with Crippen LogP contribution in [0.25, 0.3) is 6.08 Å². The molecule has 23 heavy (non-hydrogen) atoms. The van der Waals surface area contributed by atoms with E-state index in [4.69, 9.17) is 0 Å². The van der Waals surface area contributed by atoms with E-state index >= 15 is 0 Å². The second-order valence-corrected chi connectivity index (χ2v) is 7.71. The van der Waals surface area contributed by atoms with Crippen molar-refractivity contribution in [3.63, 3.8) is 0 Å². The van der Waals surface area contributed by atoms with Crippen molar-refractivity contribution < 1.29 is 8.42 Å². The molecule has 2 aromatic carbocycles. The molecule has 0 unspecified atom stereocenters. The Balaban J connectivity index is 1.87. The van der Waals surface area contributed by atoms with Crippen LogP contribution in [-0.4, -0.2) is 25.8 Å². The Morgan fingerprint density at radius 3 is 2.30 bits per heavy atom. The maximum Gasteiger partial charge on any atom is 0.243 e. The van der Waals surface area contributed by atoms with E-state index in [1.807, 2.05) is 55.5 Å². The van der Waals surface area contributed by atoms with Gasteiger partial charge in [0, 0.05) is 13.1 Å². The number of sulfonamides is 1. The van der Waals surface area contributed by atoms with Gasteiger partial charge in [-0.25, -0.2) is 8.42 Å². The zero-order valence-corrected chi connectivity index (χ0v) is 13.9. The normalized spacial score (nSPS) is 17.8. The average molecular weight is 325 g/mol. The molecule has 0 atom stereocenters. The molecule has 0 saturated carbocycles. The molecule has 1 aliphatic rings. The standard InChI is InChI=1S/C19H19NO2S/c1-15-8-10-19(11-9-15)23(21,22)20-13-16(2)18(14-20)12-17-6-4-3-5-7-17/h3-12H,2,13-14H2,1H3/b18-12+. The predicted molar refractivity (Wildman–Crippen MR) is 93.5 cm³/mol. The van der Waals surface area contributed by atoms with Crippen LogP contribution in [0.3, 0.4) is 0 Å². The van der Waals surface area contributed by atoms with E-state index in [1.165, 1.54) is 4.31 Å². The molecule has 0 bridgehead atoms. The van der Waals surface area contributed by atoms with Gasteiger partial charge in [-0.1, -0.05) is 60.7 Å². The molecule has 2 aromatic rings. The third-order valence-electron chi connectivity index (χ3n) is 3.97. The molecule has 0 aromatic heterocycles. The fourth-order valence-corrected chi connectivity index (χ4v) is 4.01. The van der Waals surface area contributed by atoms with Crippen molar-refractivity contribution in [3.8, 4) is 0 Å². The number of hydrogen-bond acceptors (Lipinski definition) is 2. The summed E-state index contributed by atoms with van der Waals surface area (Å²) in [6.45, 7) is 6.68. The van der Waals surface area contributed by atoms with Crippen molar-refractivity contribution in [2.45, 2.75) is 11.8 Å². The summed E-state index contributed by atoms with van der Waals surface area (Å²) in [6.07, 6.45) is 2.01. The Bertz CT molecular complexity index is 850. The summed E-state index contributed by atoms with van der Waals surface area (Å²) in [6, 6.07) is 16.8. The number of aryl methyl sites for hydroxylation is 1. The molecule has 3 nitrogen and oxygen atoms in total. The number of hydrogen-bond donors (Lipinski definition) is 0. The molecule has 1 heterocycles. The first kappa shape index (κ1) is 15.7. The summed E-state index contributed by atoms with van der Waals surface area (Å²) in [5.74, 6) is 0. The van der Waals surface area contributed by atoms with Gasteiger partial charge in [0.15, 0.2) is 0 Å². The van der Waals surface area contributed by atoms with Crippen LogP contribution in [-0.2, 0) is 10.0 Å². The Morgan fingerprint density at radius 2 is 1.65 bits per heavy atom. The third kappa shape index (κ3) is 3.28. The summed E-state index contributed by atoms with van der Waals surface area (Å²) in [4.78, 5) is 0.330. The third-order valence-corrected chi connectivity index (χ3v) is 5.77. The second kappa shape index (κ2) is 6.14. The highest BCUT2D eigenvalue weighted by Crippen LogP contribution is 2.28. The Kier molecular flexibility index (Phi) is 4.20. The summed E-state index contributed by atoms with van der Waals surface area (Å²) < 4.78 is 27.0. The minimum absolute atomic E-state index is 0.330. The molecule has 4 heteroatoms. The lowest BCUT2D eigenvalue weighted by Gasteiger charge is -2.15. The van der Waals surface area contributed by atoms with Crippen LogP contribution < -0.4 is 0 Å². The van der Waals surface area contributed by atoms with E-state index in [2.05, 4.69) is 6.58 Å². The van der Waals surface area contributed by atoms with Gasteiger partial charge in [-0.05, 0) is 35.8 Å². The molecule has 0 N–H and O–H groups in total. The maximum absolute atomic E-state index is 12.7. The lowest BCUT2D eigenvalue weighted by molar-refractivity contribution is 0.489. The van der Waals surface area contributed by atoms with Gasteiger partial charge in [0.2, 0.25) is 10.0 Å². The monoisotopic (exact) mass is 325 g/mol. The summed E-state index contributed by atoms with van der Waals surface area (Å²) in [7, 11) is -3.48. The highest BCUT2D eigenvalue weighted by molar-refractivity contribution is 7.89. The van der Waals surface area contributed by atoms with Gasteiger partial charge in [0.1, 0.15) is 0 Å². The zero-order valence-electron chi connectivity index (χ0n) is 13.1. The maximum atomic E-state index is 12.7. The number of benzene rings is 2. The van der Waals surface area contributed by atoms with E-state index in [9.17, 15) is 8.42 Å². The average Bonchev–Trinajstić information content (AvgIpc) is 2.90. The summed E-state index contributed by atoms with van der Waals surface area (Å²) in [5.41, 5.74) is 3.91.